The number of nitro groups is 1. The fraction of sp³-hybridized carbons (Fsp3) is 0.417. The molecule has 0 saturated carbocycles. The van der Waals surface area contributed by atoms with Crippen LogP contribution in [0, 0.1) is 10.1 Å². The maximum absolute atomic E-state index is 11.8. The van der Waals surface area contributed by atoms with Crippen LogP contribution in [0.25, 0.3) is 0 Å². The van der Waals surface area contributed by atoms with Crippen molar-refractivity contribution in [2.24, 2.45) is 0 Å². The van der Waals surface area contributed by atoms with E-state index in [0.717, 1.165) is 6.07 Å². The third-order valence-corrected chi connectivity index (χ3v) is 3.11. The molecule has 0 bridgehead atoms. The Morgan fingerprint density at radius 2 is 2.21 bits per heavy atom. The Balaban J connectivity index is 2.81. The van der Waals surface area contributed by atoms with E-state index in [1.165, 1.54) is 12.1 Å². The zero-order valence-corrected chi connectivity index (χ0v) is 11.4. The fourth-order valence-electron chi connectivity index (χ4n) is 1.29. The minimum Gasteiger partial charge on any atom is -0.388 e. The largest absolute Gasteiger partial charge is 0.388 e. The Kier molecular flexibility index (Phi) is 4.85. The summed E-state index contributed by atoms with van der Waals surface area (Å²) >= 11 is 5.82. The van der Waals surface area contributed by atoms with Crippen LogP contribution in [0.5, 0.6) is 0 Å². The lowest BCUT2D eigenvalue weighted by molar-refractivity contribution is -0.384. The quantitative estimate of drug-likeness (QED) is 0.640. The van der Waals surface area contributed by atoms with Gasteiger partial charge in [0.25, 0.3) is 11.6 Å². The summed E-state index contributed by atoms with van der Waals surface area (Å²) in [4.78, 5) is 21.8. The van der Waals surface area contributed by atoms with Gasteiger partial charge in [0.15, 0.2) is 0 Å². The Hall–Kier alpha value is -1.66. The van der Waals surface area contributed by atoms with Crippen LogP contribution in [0.1, 0.15) is 30.6 Å². The molecule has 1 rings (SSSR count). The molecular weight excluding hydrogens is 272 g/mol. The van der Waals surface area contributed by atoms with Crippen molar-refractivity contribution in [1.82, 2.24) is 5.32 Å². The number of aliphatic hydroxyl groups is 1. The molecule has 19 heavy (non-hydrogen) atoms. The second kappa shape index (κ2) is 5.99. The van der Waals surface area contributed by atoms with Gasteiger partial charge in [0.05, 0.1) is 21.1 Å². The smallest absolute Gasteiger partial charge is 0.270 e. The summed E-state index contributed by atoms with van der Waals surface area (Å²) in [7, 11) is 0. The molecule has 2 N–H and O–H groups in total. The van der Waals surface area contributed by atoms with E-state index in [0.29, 0.717) is 6.42 Å². The molecule has 0 aliphatic carbocycles. The van der Waals surface area contributed by atoms with Gasteiger partial charge in [-0.25, -0.2) is 0 Å². The van der Waals surface area contributed by atoms with Gasteiger partial charge in [-0.1, -0.05) is 18.5 Å². The SMILES string of the molecule is CCC(C)(O)CNC(=O)c1ccc([N+](=O)[O-])cc1Cl. The Labute approximate surface area is 115 Å². The van der Waals surface area contributed by atoms with Crippen molar-refractivity contribution >= 4 is 23.2 Å². The minimum absolute atomic E-state index is 0.00263. The van der Waals surface area contributed by atoms with Gasteiger partial charge in [-0.3, -0.25) is 14.9 Å². The average Bonchev–Trinajstić information content (AvgIpc) is 2.36. The lowest BCUT2D eigenvalue weighted by Crippen LogP contribution is -2.40. The van der Waals surface area contributed by atoms with E-state index in [1.54, 1.807) is 13.8 Å². The normalized spacial score (nSPS) is 13.7. The van der Waals surface area contributed by atoms with Gasteiger partial charge in [-0.05, 0) is 19.4 Å². The van der Waals surface area contributed by atoms with Crippen LogP contribution in [0.3, 0.4) is 0 Å². The van der Waals surface area contributed by atoms with Crippen molar-refractivity contribution in [3.8, 4) is 0 Å². The Bertz CT molecular complexity index is 503. The van der Waals surface area contributed by atoms with Gasteiger partial charge >= 0.3 is 0 Å². The molecule has 6 nitrogen and oxygen atoms in total. The van der Waals surface area contributed by atoms with E-state index in [1.807, 2.05) is 0 Å². The van der Waals surface area contributed by atoms with Crippen molar-refractivity contribution in [2.75, 3.05) is 6.54 Å². The van der Waals surface area contributed by atoms with Gasteiger partial charge in [0.2, 0.25) is 0 Å². The standard InChI is InChI=1S/C12H15ClN2O4/c1-3-12(2,17)7-14-11(16)9-5-4-8(15(18)19)6-10(9)13/h4-6,17H,3,7H2,1-2H3,(H,14,16). The van der Waals surface area contributed by atoms with E-state index in [-0.39, 0.29) is 22.8 Å². The molecule has 7 heteroatoms. The second-order valence-corrected chi connectivity index (χ2v) is 4.86. The average molecular weight is 287 g/mol. The molecular formula is C12H15ClN2O4. The molecule has 1 unspecified atom stereocenters. The first kappa shape index (κ1) is 15.4. The molecule has 0 aliphatic rings. The van der Waals surface area contributed by atoms with Crippen LogP contribution in [0.2, 0.25) is 5.02 Å². The molecule has 0 saturated heterocycles. The van der Waals surface area contributed by atoms with Gasteiger partial charge in [-0.15, -0.1) is 0 Å². The molecule has 104 valence electrons. The maximum atomic E-state index is 11.8. The number of amides is 1. The van der Waals surface area contributed by atoms with Crippen molar-refractivity contribution in [2.45, 2.75) is 25.9 Å². The molecule has 0 aromatic heterocycles. The van der Waals surface area contributed by atoms with Gasteiger partial charge in [0, 0.05) is 18.7 Å². The van der Waals surface area contributed by atoms with Crippen LogP contribution >= 0.6 is 11.6 Å². The molecule has 0 heterocycles. The Morgan fingerprint density at radius 3 is 2.68 bits per heavy atom. The molecule has 1 amide bonds. The first-order valence-electron chi connectivity index (χ1n) is 5.71. The molecule has 1 atom stereocenters. The van der Waals surface area contributed by atoms with Crippen LogP contribution < -0.4 is 5.32 Å². The number of halogens is 1. The zero-order valence-electron chi connectivity index (χ0n) is 10.6. The second-order valence-electron chi connectivity index (χ2n) is 4.45. The van der Waals surface area contributed by atoms with E-state index in [9.17, 15) is 20.0 Å². The number of hydrogen-bond donors (Lipinski definition) is 2. The highest BCUT2D eigenvalue weighted by molar-refractivity contribution is 6.34. The molecule has 0 radical (unpaired) electrons. The first-order valence-corrected chi connectivity index (χ1v) is 6.09. The van der Waals surface area contributed by atoms with Gasteiger partial charge in [-0.2, -0.15) is 0 Å². The van der Waals surface area contributed by atoms with Crippen LogP contribution in [0.15, 0.2) is 18.2 Å². The topological polar surface area (TPSA) is 92.5 Å². The summed E-state index contributed by atoms with van der Waals surface area (Å²) in [5.74, 6) is -0.478. The number of nitrogens with zero attached hydrogens (tertiary/aromatic N) is 1. The van der Waals surface area contributed by atoms with E-state index >= 15 is 0 Å². The van der Waals surface area contributed by atoms with Crippen molar-refractivity contribution in [3.05, 3.63) is 38.9 Å². The summed E-state index contributed by atoms with van der Waals surface area (Å²) in [6.45, 7) is 3.48. The maximum Gasteiger partial charge on any atom is 0.270 e. The van der Waals surface area contributed by atoms with E-state index in [2.05, 4.69) is 5.32 Å². The third kappa shape index (κ3) is 4.18. The van der Waals surface area contributed by atoms with Crippen molar-refractivity contribution < 1.29 is 14.8 Å². The van der Waals surface area contributed by atoms with Crippen molar-refractivity contribution in [1.29, 1.82) is 0 Å². The number of carbonyl (C=O) groups is 1. The van der Waals surface area contributed by atoms with Crippen LogP contribution in [0.4, 0.5) is 5.69 Å². The highest BCUT2D eigenvalue weighted by Crippen LogP contribution is 2.22. The summed E-state index contributed by atoms with van der Waals surface area (Å²) in [6.07, 6.45) is 0.487. The number of rotatable bonds is 5. The first-order chi connectivity index (χ1) is 8.76. The van der Waals surface area contributed by atoms with Crippen LogP contribution in [-0.4, -0.2) is 28.1 Å². The van der Waals surface area contributed by atoms with E-state index in [4.69, 9.17) is 11.6 Å². The fourth-order valence-corrected chi connectivity index (χ4v) is 1.55. The lowest BCUT2D eigenvalue weighted by atomic mass is 10.0. The zero-order chi connectivity index (χ0) is 14.6. The van der Waals surface area contributed by atoms with Crippen molar-refractivity contribution in [3.63, 3.8) is 0 Å². The molecule has 0 fully saturated rings. The van der Waals surface area contributed by atoms with Gasteiger partial charge in [0.1, 0.15) is 0 Å². The molecule has 0 spiro atoms. The number of non-ortho nitro benzene ring substituents is 1. The van der Waals surface area contributed by atoms with E-state index < -0.39 is 16.4 Å². The molecule has 0 aliphatic heterocycles. The summed E-state index contributed by atoms with van der Waals surface area (Å²) in [6, 6.07) is 3.61. The highest BCUT2D eigenvalue weighted by atomic mass is 35.5. The molecule has 1 aromatic carbocycles. The van der Waals surface area contributed by atoms with Crippen LogP contribution in [-0.2, 0) is 0 Å². The summed E-state index contributed by atoms with van der Waals surface area (Å²) in [5, 5.41) is 22.9. The number of hydrogen-bond acceptors (Lipinski definition) is 4. The Morgan fingerprint density at radius 1 is 1.58 bits per heavy atom. The minimum atomic E-state index is -0.997. The monoisotopic (exact) mass is 286 g/mol. The number of nitro benzene ring substituents is 1. The molecule has 1 aromatic rings. The van der Waals surface area contributed by atoms with Gasteiger partial charge < -0.3 is 10.4 Å². The highest BCUT2D eigenvalue weighted by Gasteiger charge is 2.20. The summed E-state index contributed by atoms with van der Waals surface area (Å²) < 4.78 is 0. The summed E-state index contributed by atoms with van der Waals surface area (Å²) in [5.41, 5.74) is -1.04. The third-order valence-electron chi connectivity index (χ3n) is 2.80. The number of benzene rings is 1. The predicted molar refractivity (Wildman–Crippen MR) is 71.4 cm³/mol. The number of nitrogens with one attached hydrogen (secondary N) is 1. The number of carbonyl (C=O) groups excluding carboxylic acids is 1. The predicted octanol–water partition coefficient (Wildman–Crippen LogP) is 2.14. The lowest BCUT2D eigenvalue weighted by Gasteiger charge is -2.21.